The lowest BCUT2D eigenvalue weighted by Crippen LogP contribution is -2.44. The Morgan fingerprint density at radius 3 is 2.68 bits per heavy atom. The molecule has 0 aromatic carbocycles. The van der Waals surface area contributed by atoms with Gasteiger partial charge < -0.3 is 11.1 Å². The second-order valence-electron chi connectivity index (χ2n) is 4.79. The summed E-state index contributed by atoms with van der Waals surface area (Å²) in [7, 11) is 0. The molecule has 1 atom stereocenters. The Morgan fingerprint density at radius 2 is 2.05 bits per heavy atom. The summed E-state index contributed by atoms with van der Waals surface area (Å²) < 4.78 is 0. The van der Waals surface area contributed by atoms with Crippen LogP contribution in [0.25, 0.3) is 0 Å². The smallest absolute Gasteiger partial charge is 0.251 e. The summed E-state index contributed by atoms with van der Waals surface area (Å²) in [5.41, 5.74) is 5.64. The third-order valence-corrected chi connectivity index (χ3v) is 4.32. The molecule has 0 saturated carbocycles. The van der Waals surface area contributed by atoms with Gasteiger partial charge in [0.25, 0.3) is 5.91 Å². The molecule has 2 rings (SSSR count). The number of amides is 2. The molecule has 1 unspecified atom stereocenters. The summed E-state index contributed by atoms with van der Waals surface area (Å²) in [4.78, 5) is 25.6. The zero-order valence-corrected chi connectivity index (χ0v) is 11.8. The fourth-order valence-corrected chi connectivity index (χ4v) is 3.08. The van der Waals surface area contributed by atoms with Crippen LogP contribution in [-0.2, 0) is 4.79 Å². The molecule has 5 nitrogen and oxygen atoms in total. The standard InChI is InChI=1S/C13H19N3O2S/c1-9(16-6-3-2-4-7-16)12(18)15-13-10(11(14)17)5-8-19-13/h5,8-9H,2-4,6-7H2,1H3,(H2,14,17)(H,15,18). The summed E-state index contributed by atoms with van der Waals surface area (Å²) in [5, 5.41) is 5.10. The number of piperidine rings is 1. The van der Waals surface area contributed by atoms with Crippen LogP contribution in [0.1, 0.15) is 36.5 Å². The van der Waals surface area contributed by atoms with Crippen molar-refractivity contribution < 1.29 is 9.59 Å². The van der Waals surface area contributed by atoms with Crippen molar-refractivity contribution in [2.75, 3.05) is 18.4 Å². The number of rotatable bonds is 4. The third-order valence-electron chi connectivity index (χ3n) is 3.49. The molecule has 0 bridgehead atoms. The first-order chi connectivity index (χ1) is 9.09. The van der Waals surface area contributed by atoms with E-state index in [1.807, 2.05) is 6.92 Å². The number of thiophene rings is 1. The highest BCUT2D eigenvalue weighted by atomic mass is 32.1. The first-order valence-corrected chi connectivity index (χ1v) is 7.40. The van der Waals surface area contributed by atoms with E-state index in [1.165, 1.54) is 17.8 Å². The number of nitrogens with one attached hydrogen (secondary N) is 1. The van der Waals surface area contributed by atoms with Crippen LogP contribution in [0.3, 0.4) is 0 Å². The van der Waals surface area contributed by atoms with Gasteiger partial charge in [-0.15, -0.1) is 11.3 Å². The molecule has 6 heteroatoms. The van der Waals surface area contributed by atoms with E-state index in [0.29, 0.717) is 10.6 Å². The van der Waals surface area contributed by atoms with Crippen LogP contribution in [0.2, 0.25) is 0 Å². The molecule has 0 aliphatic carbocycles. The molecule has 1 aromatic rings. The van der Waals surface area contributed by atoms with Gasteiger partial charge in [0.15, 0.2) is 0 Å². The van der Waals surface area contributed by atoms with Crippen LogP contribution in [0, 0.1) is 0 Å². The molecule has 2 heterocycles. The Kier molecular flexibility index (Phi) is 4.55. The SMILES string of the molecule is CC(C(=O)Nc1sccc1C(N)=O)N1CCCCC1. The van der Waals surface area contributed by atoms with Crippen molar-refractivity contribution in [1.82, 2.24) is 4.90 Å². The van der Waals surface area contributed by atoms with E-state index < -0.39 is 5.91 Å². The predicted molar refractivity (Wildman–Crippen MR) is 76.4 cm³/mol. The fourth-order valence-electron chi connectivity index (χ4n) is 2.29. The highest BCUT2D eigenvalue weighted by Crippen LogP contribution is 2.23. The molecular weight excluding hydrogens is 262 g/mol. The Bertz CT molecular complexity index is 466. The van der Waals surface area contributed by atoms with E-state index in [0.717, 1.165) is 25.9 Å². The predicted octanol–water partition coefficient (Wildman–Crippen LogP) is 1.66. The van der Waals surface area contributed by atoms with E-state index in [9.17, 15) is 9.59 Å². The van der Waals surface area contributed by atoms with Gasteiger partial charge in [-0.3, -0.25) is 14.5 Å². The van der Waals surface area contributed by atoms with E-state index in [2.05, 4.69) is 10.2 Å². The molecule has 104 valence electrons. The van der Waals surface area contributed by atoms with Gasteiger partial charge in [-0.1, -0.05) is 6.42 Å². The number of hydrogen-bond acceptors (Lipinski definition) is 4. The summed E-state index contributed by atoms with van der Waals surface area (Å²) in [5.74, 6) is -0.589. The van der Waals surface area contributed by atoms with E-state index in [4.69, 9.17) is 5.73 Å². The van der Waals surface area contributed by atoms with Gasteiger partial charge in [-0.25, -0.2) is 0 Å². The first-order valence-electron chi connectivity index (χ1n) is 6.52. The maximum atomic E-state index is 12.2. The number of anilines is 1. The average molecular weight is 281 g/mol. The molecule has 1 aliphatic rings. The molecule has 19 heavy (non-hydrogen) atoms. The molecule has 1 saturated heterocycles. The molecule has 1 aromatic heterocycles. The van der Waals surface area contributed by atoms with Crippen LogP contribution in [0.5, 0.6) is 0 Å². The molecule has 3 N–H and O–H groups in total. The van der Waals surface area contributed by atoms with Gasteiger partial charge in [0.2, 0.25) is 5.91 Å². The minimum atomic E-state index is -0.512. The Hall–Kier alpha value is -1.40. The van der Waals surface area contributed by atoms with Crippen LogP contribution < -0.4 is 11.1 Å². The van der Waals surface area contributed by atoms with Gasteiger partial charge >= 0.3 is 0 Å². The minimum Gasteiger partial charge on any atom is -0.366 e. The molecule has 1 aliphatic heterocycles. The second-order valence-corrected chi connectivity index (χ2v) is 5.71. The van der Waals surface area contributed by atoms with Crippen LogP contribution >= 0.6 is 11.3 Å². The monoisotopic (exact) mass is 281 g/mol. The van der Waals surface area contributed by atoms with Crippen molar-refractivity contribution in [3.63, 3.8) is 0 Å². The highest BCUT2D eigenvalue weighted by Gasteiger charge is 2.24. The van der Waals surface area contributed by atoms with Crippen molar-refractivity contribution in [2.45, 2.75) is 32.2 Å². The number of nitrogens with two attached hydrogens (primary N) is 1. The lowest BCUT2D eigenvalue weighted by atomic mass is 10.1. The number of primary amides is 1. The maximum Gasteiger partial charge on any atom is 0.251 e. The van der Waals surface area contributed by atoms with Crippen molar-refractivity contribution in [3.05, 3.63) is 17.0 Å². The lowest BCUT2D eigenvalue weighted by molar-refractivity contribution is -0.121. The number of nitrogens with zero attached hydrogens (tertiary/aromatic N) is 1. The summed E-state index contributed by atoms with van der Waals surface area (Å²) in [6.45, 7) is 3.82. The number of carbonyl (C=O) groups excluding carboxylic acids is 2. The largest absolute Gasteiger partial charge is 0.366 e. The Morgan fingerprint density at radius 1 is 1.37 bits per heavy atom. The number of hydrogen-bond donors (Lipinski definition) is 2. The zero-order valence-electron chi connectivity index (χ0n) is 11.0. The molecule has 1 fully saturated rings. The summed E-state index contributed by atoms with van der Waals surface area (Å²) >= 11 is 1.32. The topological polar surface area (TPSA) is 75.4 Å². The van der Waals surface area contributed by atoms with Crippen LogP contribution in [0.15, 0.2) is 11.4 Å². The fraction of sp³-hybridized carbons (Fsp3) is 0.538. The van der Waals surface area contributed by atoms with Gasteiger partial charge in [-0.2, -0.15) is 0 Å². The molecule has 0 spiro atoms. The van der Waals surface area contributed by atoms with E-state index in [1.54, 1.807) is 11.4 Å². The molecular formula is C13H19N3O2S. The van der Waals surface area contributed by atoms with Crippen molar-refractivity contribution in [3.8, 4) is 0 Å². The van der Waals surface area contributed by atoms with Gasteiger partial charge in [0.05, 0.1) is 11.6 Å². The Labute approximate surface area is 116 Å². The summed E-state index contributed by atoms with van der Waals surface area (Å²) in [6.07, 6.45) is 3.52. The average Bonchev–Trinajstić information content (AvgIpc) is 2.87. The minimum absolute atomic E-state index is 0.0770. The Balaban J connectivity index is 1.99. The quantitative estimate of drug-likeness (QED) is 0.881. The van der Waals surface area contributed by atoms with Crippen molar-refractivity contribution >= 4 is 28.2 Å². The molecule has 2 amide bonds. The maximum absolute atomic E-state index is 12.2. The number of likely N-dealkylation sites (tertiary alicyclic amines) is 1. The first kappa shape index (κ1) is 14.0. The van der Waals surface area contributed by atoms with Crippen LogP contribution in [0.4, 0.5) is 5.00 Å². The summed E-state index contributed by atoms with van der Waals surface area (Å²) in [6, 6.07) is 1.46. The van der Waals surface area contributed by atoms with Crippen molar-refractivity contribution in [2.24, 2.45) is 5.73 Å². The van der Waals surface area contributed by atoms with E-state index in [-0.39, 0.29) is 11.9 Å². The highest BCUT2D eigenvalue weighted by molar-refractivity contribution is 7.14. The van der Waals surface area contributed by atoms with Gasteiger partial charge in [0, 0.05) is 0 Å². The zero-order chi connectivity index (χ0) is 13.8. The van der Waals surface area contributed by atoms with Gasteiger partial charge in [-0.05, 0) is 44.3 Å². The van der Waals surface area contributed by atoms with Gasteiger partial charge in [0.1, 0.15) is 5.00 Å². The van der Waals surface area contributed by atoms with Crippen LogP contribution in [-0.4, -0.2) is 35.8 Å². The lowest BCUT2D eigenvalue weighted by Gasteiger charge is -2.31. The second kappa shape index (κ2) is 6.16. The molecule has 0 radical (unpaired) electrons. The normalized spacial score (nSPS) is 17.9. The van der Waals surface area contributed by atoms with E-state index >= 15 is 0 Å². The number of carbonyl (C=O) groups is 2. The van der Waals surface area contributed by atoms with Crippen molar-refractivity contribution in [1.29, 1.82) is 0 Å². The third kappa shape index (κ3) is 3.33.